The monoisotopic (exact) mass is 306 g/mol. The number of hydrogen-bond acceptors (Lipinski definition) is 4. The van der Waals surface area contributed by atoms with E-state index in [2.05, 4.69) is 11.1 Å². The molecule has 2 aromatic rings. The number of ether oxygens (including phenoxy) is 2. The smallest absolute Gasteiger partial charge is 0.277 e. The van der Waals surface area contributed by atoms with Gasteiger partial charge in [0.05, 0.1) is 11.4 Å². The van der Waals surface area contributed by atoms with Crippen molar-refractivity contribution in [2.45, 2.75) is 12.8 Å². The molecule has 5 rings (SSSR count). The van der Waals surface area contributed by atoms with Gasteiger partial charge >= 0.3 is 0 Å². The van der Waals surface area contributed by atoms with Gasteiger partial charge in [-0.2, -0.15) is 0 Å². The van der Waals surface area contributed by atoms with Crippen molar-refractivity contribution in [3.63, 3.8) is 0 Å². The van der Waals surface area contributed by atoms with Crippen molar-refractivity contribution in [1.29, 1.82) is 0 Å². The molecule has 0 unspecified atom stereocenters. The number of benzene rings is 2. The van der Waals surface area contributed by atoms with Gasteiger partial charge in [0.25, 0.3) is 5.91 Å². The maximum Gasteiger partial charge on any atom is 0.277 e. The molecule has 0 aromatic heterocycles. The highest BCUT2D eigenvalue weighted by molar-refractivity contribution is 6.55. The number of anilines is 1. The molecule has 3 aliphatic heterocycles. The van der Waals surface area contributed by atoms with Crippen LogP contribution < -0.4 is 14.4 Å². The van der Waals surface area contributed by atoms with Crippen molar-refractivity contribution in [1.82, 2.24) is 0 Å². The highest BCUT2D eigenvalue weighted by atomic mass is 16.7. The molecule has 0 saturated carbocycles. The van der Waals surface area contributed by atoms with Crippen LogP contribution >= 0.6 is 0 Å². The lowest BCUT2D eigenvalue weighted by molar-refractivity contribution is -0.112. The van der Waals surface area contributed by atoms with E-state index in [1.807, 2.05) is 35.2 Å². The Hall–Kier alpha value is -2.82. The van der Waals surface area contributed by atoms with Crippen LogP contribution in [0.3, 0.4) is 0 Å². The van der Waals surface area contributed by atoms with E-state index in [1.54, 1.807) is 0 Å². The number of fused-ring (bicyclic) bond motifs is 1. The molecule has 1 amide bonds. The molecule has 0 bridgehead atoms. The van der Waals surface area contributed by atoms with Crippen molar-refractivity contribution >= 4 is 23.0 Å². The van der Waals surface area contributed by atoms with E-state index in [9.17, 15) is 4.79 Å². The van der Waals surface area contributed by atoms with Crippen LogP contribution in [0, 0.1) is 0 Å². The highest BCUT2D eigenvalue weighted by Crippen LogP contribution is 2.39. The molecule has 0 atom stereocenters. The van der Waals surface area contributed by atoms with Gasteiger partial charge in [0.2, 0.25) is 6.79 Å². The Morgan fingerprint density at radius 2 is 2.00 bits per heavy atom. The first-order chi connectivity index (χ1) is 11.3. The summed E-state index contributed by atoms with van der Waals surface area (Å²) in [6.45, 7) is 0.997. The predicted octanol–water partition coefficient (Wildman–Crippen LogP) is 2.83. The molecule has 0 spiro atoms. The highest BCUT2D eigenvalue weighted by Gasteiger charge is 2.37. The van der Waals surface area contributed by atoms with Gasteiger partial charge in [0.1, 0.15) is 5.71 Å². The first-order valence-electron chi connectivity index (χ1n) is 7.74. The first-order valence-corrected chi connectivity index (χ1v) is 7.74. The van der Waals surface area contributed by atoms with Gasteiger partial charge < -0.3 is 14.4 Å². The number of carbonyl (C=O) groups is 1. The van der Waals surface area contributed by atoms with Crippen LogP contribution in [-0.2, 0) is 11.2 Å². The maximum absolute atomic E-state index is 12.8. The zero-order valence-corrected chi connectivity index (χ0v) is 12.4. The molecular formula is C18H14N2O3. The average molecular weight is 306 g/mol. The summed E-state index contributed by atoms with van der Waals surface area (Å²) in [7, 11) is 0. The quantitative estimate of drug-likeness (QED) is 0.814. The van der Waals surface area contributed by atoms with Gasteiger partial charge in [0.15, 0.2) is 11.5 Å². The Balaban J connectivity index is 1.64. The van der Waals surface area contributed by atoms with Gasteiger partial charge in [-0.05, 0) is 30.5 Å². The minimum atomic E-state index is -0.00943. The number of rotatable bonds is 1. The van der Waals surface area contributed by atoms with E-state index in [4.69, 9.17) is 9.47 Å². The Morgan fingerprint density at radius 3 is 2.96 bits per heavy atom. The normalized spacial score (nSPS) is 19.4. The minimum absolute atomic E-state index is 0.00943. The summed E-state index contributed by atoms with van der Waals surface area (Å²) in [6, 6.07) is 11.6. The summed E-state index contributed by atoms with van der Waals surface area (Å²) in [5.41, 5.74) is 4.43. The van der Waals surface area contributed by atoms with Gasteiger partial charge in [-0.3, -0.25) is 4.79 Å². The third kappa shape index (κ3) is 1.79. The van der Waals surface area contributed by atoms with E-state index >= 15 is 0 Å². The molecular weight excluding hydrogens is 292 g/mol. The molecule has 114 valence electrons. The summed E-state index contributed by atoms with van der Waals surface area (Å²) in [5.74, 6) is 1.38. The lowest BCUT2D eigenvalue weighted by Crippen LogP contribution is -2.33. The standard InChI is InChI=1S/C18H14N2O3/c21-18-16(19-12-6-7-14-15(9-12)23-10-22-14)13-5-1-3-11-4-2-8-20(18)17(11)13/h1,3,5-7,9H,2,4,8,10H2. The number of amides is 1. The van der Waals surface area contributed by atoms with Crippen LogP contribution in [0.5, 0.6) is 11.5 Å². The zero-order valence-electron chi connectivity index (χ0n) is 12.4. The third-order valence-electron chi connectivity index (χ3n) is 4.52. The zero-order chi connectivity index (χ0) is 15.4. The summed E-state index contributed by atoms with van der Waals surface area (Å²) in [4.78, 5) is 19.2. The molecule has 2 aromatic carbocycles. The largest absolute Gasteiger partial charge is 0.454 e. The maximum atomic E-state index is 12.8. The predicted molar refractivity (Wildman–Crippen MR) is 85.9 cm³/mol. The van der Waals surface area contributed by atoms with Crippen LogP contribution in [0.2, 0.25) is 0 Å². The van der Waals surface area contributed by atoms with Crippen LogP contribution in [0.4, 0.5) is 11.4 Å². The fraction of sp³-hybridized carbons (Fsp3) is 0.222. The summed E-state index contributed by atoms with van der Waals surface area (Å²) < 4.78 is 10.7. The molecule has 5 heteroatoms. The van der Waals surface area contributed by atoms with Gasteiger partial charge in [-0.1, -0.05) is 18.2 Å². The lowest BCUT2D eigenvalue weighted by Gasteiger charge is -2.24. The number of hydrogen-bond donors (Lipinski definition) is 0. The van der Waals surface area contributed by atoms with Crippen molar-refractivity contribution in [2.75, 3.05) is 18.2 Å². The Bertz CT molecular complexity index is 873. The average Bonchev–Trinajstić information content (AvgIpc) is 3.15. The van der Waals surface area contributed by atoms with Crippen molar-refractivity contribution < 1.29 is 14.3 Å². The van der Waals surface area contributed by atoms with Crippen LogP contribution in [0.25, 0.3) is 0 Å². The number of aliphatic imine (C=N–C) groups is 1. The first kappa shape index (κ1) is 12.7. The molecule has 0 radical (unpaired) electrons. The molecule has 0 fully saturated rings. The van der Waals surface area contributed by atoms with Gasteiger partial charge in [0, 0.05) is 18.2 Å². The Morgan fingerprint density at radius 1 is 1.09 bits per heavy atom. The second-order valence-corrected chi connectivity index (χ2v) is 5.87. The topological polar surface area (TPSA) is 51.1 Å². The van der Waals surface area contributed by atoms with Crippen molar-refractivity contribution in [2.24, 2.45) is 4.99 Å². The second kappa shape index (κ2) is 4.59. The molecule has 5 nitrogen and oxygen atoms in total. The third-order valence-corrected chi connectivity index (χ3v) is 4.52. The van der Waals surface area contributed by atoms with E-state index < -0.39 is 0 Å². The SMILES string of the molecule is O=C1C(=Nc2ccc3c(c2)OCO3)c2cccc3c2N1CCC3. The van der Waals surface area contributed by atoms with Crippen LogP contribution in [0.15, 0.2) is 41.4 Å². The molecule has 3 aliphatic rings. The van der Waals surface area contributed by atoms with Gasteiger partial charge in [-0.25, -0.2) is 4.99 Å². The van der Waals surface area contributed by atoms with Crippen molar-refractivity contribution in [3.05, 3.63) is 47.5 Å². The summed E-state index contributed by atoms with van der Waals surface area (Å²) in [6.07, 6.45) is 2.02. The molecule has 0 aliphatic carbocycles. The Labute approximate surface area is 133 Å². The molecule has 23 heavy (non-hydrogen) atoms. The molecule has 0 saturated heterocycles. The molecule has 3 heterocycles. The molecule has 0 N–H and O–H groups in total. The number of aryl methyl sites for hydroxylation is 1. The fourth-order valence-corrected chi connectivity index (χ4v) is 3.48. The van der Waals surface area contributed by atoms with E-state index in [0.717, 1.165) is 30.6 Å². The van der Waals surface area contributed by atoms with Gasteiger partial charge in [-0.15, -0.1) is 0 Å². The number of nitrogens with zero attached hydrogens (tertiary/aromatic N) is 2. The number of carbonyl (C=O) groups excluding carboxylic acids is 1. The minimum Gasteiger partial charge on any atom is -0.454 e. The summed E-state index contributed by atoms with van der Waals surface area (Å²) >= 11 is 0. The number of para-hydroxylation sites is 1. The van der Waals surface area contributed by atoms with E-state index in [-0.39, 0.29) is 12.7 Å². The lowest BCUT2D eigenvalue weighted by atomic mass is 10.00. The Kier molecular flexibility index (Phi) is 2.53. The van der Waals surface area contributed by atoms with E-state index in [0.29, 0.717) is 22.9 Å². The fourth-order valence-electron chi connectivity index (χ4n) is 3.48. The van der Waals surface area contributed by atoms with Crippen molar-refractivity contribution in [3.8, 4) is 11.5 Å². The summed E-state index contributed by atoms with van der Waals surface area (Å²) in [5, 5.41) is 0. The second-order valence-electron chi connectivity index (χ2n) is 5.87. The van der Waals surface area contributed by atoms with E-state index in [1.165, 1.54) is 5.56 Å². The van der Waals surface area contributed by atoms with Crippen LogP contribution in [0.1, 0.15) is 17.5 Å². The van der Waals surface area contributed by atoms with Crippen LogP contribution in [-0.4, -0.2) is 25.0 Å².